The van der Waals surface area contributed by atoms with Crippen LogP contribution in [-0.2, 0) is 19.3 Å². The van der Waals surface area contributed by atoms with Crippen molar-refractivity contribution < 1.29 is 0 Å². The first kappa shape index (κ1) is 19.1. The van der Waals surface area contributed by atoms with E-state index < -0.39 is 0 Å². The molecule has 0 saturated heterocycles. The number of rotatable bonds is 13. The predicted octanol–water partition coefficient (Wildman–Crippen LogP) is 6.06. The third kappa shape index (κ3) is 8.51. The fraction of sp³-hybridized carbons (Fsp3) is 0.800. The van der Waals surface area contributed by atoms with Gasteiger partial charge in [-0.05, 0) is 38.2 Å². The molecule has 0 spiro atoms. The standard InChI is InChI=1S/C20H36N2/c1-4-7-10-12-14-18-17-19(15-13-11-8-5-2)22-20(21-18)16-9-6-3/h17H,4-16H2,1-3H3. The summed E-state index contributed by atoms with van der Waals surface area (Å²) < 4.78 is 0. The van der Waals surface area contributed by atoms with Gasteiger partial charge in [0.15, 0.2) is 0 Å². The highest BCUT2D eigenvalue weighted by atomic mass is 14.9. The van der Waals surface area contributed by atoms with E-state index >= 15 is 0 Å². The van der Waals surface area contributed by atoms with Crippen LogP contribution in [0.15, 0.2) is 6.07 Å². The van der Waals surface area contributed by atoms with Gasteiger partial charge in [-0.3, -0.25) is 0 Å². The lowest BCUT2D eigenvalue weighted by Crippen LogP contribution is -2.04. The topological polar surface area (TPSA) is 25.8 Å². The third-order valence-corrected chi connectivity index (χ3v) is 4.21. The molecule has 0 radical (unpaired) electrons. The number of hydrogen-bond donors (Lipinski definition) is 0. The maximum Gasteiger partial charge on any atom is 0.128 e. The van der Waals surface area contributed by atoms with E-state index in [0.29, 0.717) is 0 Å². The van der Waals surface area contributed by atoms with Gasteiger partial charge in [0, 0.05) is 17.8 Å². The molecule has 0 fully saturated rings. The van der Waals surface area contributed by atoms with Crippen LogP contribution in [-0.4, -0.2) is 9.97 Å². The molecule has 1 aromatic heterocycles. The van der Waals surface area contributed by atoms with E-state index in [1.807, 2.05) is 0 Å². The van der Waals surface area contributed by atoms with Gasteiger partial charge in [-0.1, -0.05) is 65.7 Å². The molecule has 0 aliphatic heterocycles. The Morgan fingerprint density at radius 3 is 1.55 bits per heavy atom. The molecule has 0 atom stereocenters. The van der Waals surface area contributed by atoms with E-state index in [9.17, 15) is 0 Å². The molecule has 0 N–H and O–H groups in total. The lowest BCUT2D eigenvalue weighted by Gasteiger charge is -2.08. The zero-order valence-corrected chi connectivity index (χ0v) is 15.2. The van der Waals surface area contributed by atoms with Crippen LogP contribution in [0, 0.1) is 0 Å². The molecule has 126 valence electrons. The highest BCUT2D eigenvalue weighted by Crippen LogP contribution is 2.12. The SMILES string of the molecule is CCCCCCc1cc(CCCCCC)nc(CCCC)n1. The molecule has 1 rings (SSSR count). The molecule has 0 unspecified atom stereocenters. The van der Waals surface area contributed by atoms with Gasteiger partial charge in [0.25, 0.3) is 0 Å². The Balaban J connectivity index is 2.59. The van der Waals surface area contributed by atoms with Crippen molar-refractivity contribution in [2.24, 2.45) is 0 Å². The van der Waals surface area contributed by atoms with Gasteiger partial charge < -0.3 is 0 Å². The maximum absolute atomic E-state index is 4.80. The highest BCUT2D eigenvalue weighted by Gasteiger charge is 2.05. The van der Waals surface area contributed by atoms with Crippen LogP contribution in [0.4, 0.5) is 0 Å². The first-order valence-electron chi connectivity index (χ1n) is 9.65. The van der Waals surface area contributed by atoms with E-state index in [2.05, 4.69) is 26.8 Å². The van der Waals surface area contributed by atoms with E-state index in [1.54, 1.807) is 0 Å². The Morgan fingerprint density at radius 1 is 0.591 bits per heavy atom. The quantitative estimate of drug-likeness (QED) is 0.414. The van der Waals surface area contributed by atoms with Crippen LogP contribution in [0.3, 0.4) is 0 Å². The Morgan fingerprint density at radius 2 is 1.09 bits per heavy atom. The summed E-state index contributed by atoms with van der Waals surface area (Å²) in [5, 5.41) is 0. The van der Waals surface area contributed by atoms with Crippen LogP contribution in [0.25, 0.3) is 0 Å². The summed E-state index contributed by atoms with van der Waals surface area (Å²) in [6.45, 7) is 6.77. The molecule has 22 heavy (non-hydrogen) atoms. The molecule has 0 saturated carbocycles. The molecule has 2 nitrogen and oxygen atoms in total. The van der Waals surface area contributed by atoms with E-state index in [0.717, 1.165) is 25.1 Å². The van der Waals surface area contributed by atoms with Crippen molar-refractivity contribution in [3.05, 3.63) is 23.3 Å². The fourth-order valence-corrected chi connectivity index (χ4v) is 2.78. The molecule has 1 heterocycles. The van der Waals surface area contributed by atoms with Gasteiger partial charge in [0.2, 0.25) is 0 Å². The monoisotopic (exact) mass is 304 g/mol. The molecule has 0 aliphatic carbocycles. The summed E-state index contributed by atoms with van der Waals surface area (Å²) in [7, 11) is 0. The van der Waals surface area contributed by atoms with Gasteiger partial charge >= 0.3 is 0 Å². The number of aryl methyl sites for hydroxylation is 3. The summed E-state index contributed by atoms with van der Waals surface area (Å²) in [4.78, 5) is 9.60. The largest absolute Gasteiger partial charge is 0.238 e. The van der Waals surface area contributed by atoms with Crippen molar-refractivity contribution in [2.45, 2.75) is 104 Å². The molecule has 0 amide bonds. The van der Waals surface area contributed by atoms with E-state index in [-0.39, 0.29) is 0 Å². The Kier molecular flexibility index (Phi) is 11.0. The Hall–Kier alpha value is -0.920. The zero-order chi connectivity index (χ0) is 16.0. The van der Waals surface area contributed by atoms with Gasteiger partial charge in [0.1, 0.15) is 5.82 Å². The average Bonchev–Trinajstić information content (AvgIpc) is 2.54. The number of nitrogens with zero attached hydrogens (tertiary/aromatic N) is 2. The van der Waals surface area contributed by atoms with E-state index in [4.69, 9.17) is 9.97 Å². The number of hydrogen-bond acceptors (Lipinski definition) is 2. The summed E-state index contributed by atoms with van der Waals surface area (Å²) >= 11 is 0. The summed E-state index contributed by atoms with van der Waals surface area (Å²) in [5.74, 6) is 1.08. The Labute approximate surface area is 138 Å². The molecule has 0 bridgehead atoms. The third-order valence-electron chi connectivity index (χ3n) is 4.21. The second-order valence-electron chi connectivity index (χ2n) is 6.49. The number of unbranched alkanes of at least 4 members (excludes halogenated alkanes) is 7. The molecule has 1 aromatic rings. The maximum atomic E-state index is 4.80. The molecule has 0 aliphatic rings. The number of aromatic nitrogens is 2. The average molecular weight is 305 g/mol. The zero-order valence-electron chi connectivity index (χ0n) is 15.2. The van der Waals surface area contributed by atoms with Crippen molar-refractivity contribution in [3.8, 4) is 0 Å². The lowest BCUT2D eigenvalue weighted by atomic mass is 10.1. The van der Waals surface area contributed by atoms with Crippen molar-refractivity contribution in [3.63, 3.8) is 0 Å². The van der Waals surface area contributed by atoms with Crippen molar-refractivity contribution >= 4 is 0 Å². The molecular formula is C20H36N2. The van der Waals surface area contributed by atoms with E-state index in [1.165, 1.54) is 75.6 Å². The predicted molar refractivity (Wildman–Crippen MR) is 96.3 cm³/mol. The van der Waals surface area contributed by atoms with Crippen LogP contribution in [0.5, 0.6) is 0 Å². The van der Waals surface area contributed by atoms with Gasteiger partial charge in [0.05, 0.1) is 0 Å². The second kappa shape index (κ2) is 12.6. The van der Waals surface area contributed by atoms with Crippen LogP contribution in [0.2, 0.25) is 0 Å². The highest BCUT2D eigenvalue weighted by molar-refractivity contribution is 5.12. The minimum absolute atomic E-state index is 1.04. The van der Waals surface area contributed by atoms with Crippen molar-refractivity contribution in [1.82, 2.24) is 9.97 Å². The smallest absolute Gasteiger partial charge is 0.128 e. The van der Waals surface area contributed by atoms with Crippen LogP contribution < -0.4 is 0 Å². The molecule has 0 aromatic carbocycles. The normalized spacial score (nSPS) is 11.0. The van der Waals surface area contributed by atoms with Crippen LogP contribution >= 0.6 is 0 Å². The minimum atomic E-state index is 1.04. The lowest BCUT2D eigenvalue weighted by molar-refractivity contribution is 0.640. The molecule has 2 heteroatoms. The van der Waals surface area contributed by atoms with Crippen molar-refractivity contribution in [2.75, 3.05) is 0 Å². The van der Waals surface area contributed by atoms with Gasteiger partial charge in [-0.25, -0.2) is 9.97 Å². The first-order chi connectivity index (χ1) is 10.8. The van der Waals surface area contributed by atoms with Crippen molar-refractivity contribution in [1.29, 1.82) is 0 Å². The van der Waals surface area contributed by atoms with Crippen LogP contribution in [0.1, 0.15) is 102 Å². The second-order valence-corrected chi connectivity index (χ2v) is 6.49. The minimum Gasteiger partial charge on any atom is -0.238 e. The fourth-order valence-electron chi connectivity index (χ4n) is 2.78. The first-order valence-corrected chi connectivity index (χ1v) is 9.65. The summed E-state index contributed by atoms with van der Waals surface area (Å²) in [6, 6.07) is 2.27. The van der Waals surface area contributed by atoms with Gasteiger partial charge in [-0.2, -0.15) is 0 Å². The van der Waals surface area contributed by atoms with Gasteiger partial charge in [-0.15, -0.1) is 0 Å². The summed E-state index contributed by atoms with van der Waals surface area (Å²) in [5.41, 5.74) is 2.56. The summed E-state index contributed by atoms with van der Waals surface area (Å²) in [6.07, 6.45) is 16.2. The Bertz CT molecular complexity index is 357. The molecular weight excluding hydrogens is 268 g/mol.